The monoisotopic (exact) mass is 564 g/mol. The van der Waals surface area contributed by atoms with Crippen LogP contribution in [0.15, 0.2) is 36.7 Å². The third-order valence-corrected chi connectivity index (χ3v) is 7.17. The molecule has 4 heterocycles. The van der Waals surface area contributed by atoms with Crippen molar-refractivity contribution in [1.82, 2.24) is 25.2 Å². The van der Waals surface area contributed by atoms with Crippen LogP contribution in [0.5, 0.6) is 0 Å². The average Bonchev–Trinajstić information content (AvgIpc) is 2.93. The van der Waals surface area contributed by atoms with E-state index in [9.17, 15) is 18.0 Å². The molecule has 0 spiro atoms. The van der Waals surface area contributed by atoms with Gasteiger partial charge in [0, 0.05) is 56.1 Å². The van der Waals surface area contributed by atoms with Gasteiger partial charge in [0.05, 0.1) is 48.1 Å². The Labute approximate surface area is 228 Å². The summed E-state index contributed by atoms with van der Waals surface area (Å²) < 4.78 is 50.0. The van der Waals surface area contributed by atoms with Gasteiger partial charge >= 0.3 is 6.18 Å². The van der Waals surface area contributed by atoms with Crippen molar-refractivity contribution < 1.29 is 27.4 Å². The second-order valence-electron chi connectivity index (χ2n) is 9.50. The predicted molar refractivity (Wildman–Crippen MR) is 139 cm³/mol. The third kappa shape index (κ3) is 6.24. The molecular weight excluding hydrogens is 537 g/mol. The minimum Gasteiger partial charge on any atom is -0.379 e. The zero-order chi connectivity index (χ0) is 27.6. The zero-order valence-corrected chi connectivity index (χ0v) is 22.0. The zero-order valence-electron chi connectivity index (χ0n) is 21.2. The molecule has 2 aliphatic rings. The van der Waals surface area contributed by atoms with E-state index < -0.39 is 23.9 Å². The first-order valence-electron chi connectivity index (χ1n) is 12.7. The van der Waals surface area contributed by atoms with Crippen LogP contribution in [0.1, 0.15) is 34.7 Å². The van der Waals surface area contributed by atoms with Gasteiger partial charge in [0.1, 0.15) is 5.82 Å². The molecule has 9 nitrogen and oxygen atoms in total. The number of nitrogens with one attached hydrogen (secondary N) is 1. The number of anilines is 1. The van der Waals surface area contributed by atoms with E-state index in [0.29, 0.717) is 49.4 Å². The van der Waals surface area contributed by atoms with Crippen LogP contribution in [0, 0.1) is 0 Å². The summed E-state index contributed by atoms with van der Waals surface area (Å²) in [5.41, 5.74) is 1.37. The maximum absolute atomic E-state index is 13.4. The summed E-state index contributed by atoms with van der Waals surface area (Å²) in [5.74, 6) is -0.829. The van der Waals surface area contributed by atoms with Crippen LogP contribution in [0.2, 0.25) is 5.02 Å². The predicted octanol–water partition coefficient (Wildman–Crippen LogP) is 3.73. The van der Waals surface area contributed by atoms with Crippen LogP contribution in [-0.4, -0.2) is 84.4 Å². The minimum absolute atomic E-state index is 0.0947. The van der Waals surface area contributed by atoms with Gasteiger partial charge in [-0.2, -0.15) is 13.2 Å². The van der Waals surface area contributed by atoms with Gasteiger partial charge in [0.2, 0.25) is 5.82 Å². The molecule has 2 fully saturated rings. The number of fused-ring (bicyclic) bond motifs is 1. The van der Waals surface area contributed by atoms with Gasteiger partial charge in [0.25, 0.3) is 5.91 Å². The van der Waals surface area contributed by atoms with E-state index in [4.69, 9.17) is 26.1 Å². The number of hydrogen-bond acceptors (Lipinski definition) is 8. The molecule has 0 bridgehead atoms. The lowest BCUT2D eigenvalue weighted by Crippen LogP contribution is -2.44. The SMILES string of the molecule is CC1CN(c2ccc3c(C(=O)NCC(c4cnc(C(F)(F)F)nc4)N4CCOCC4)c(Cl)ccc3n2)CCO1. The first-order chi connectivity index (χ1) is 18.7. The standard InChI is InChI=1S/C26H28ClF3N6O3/c1-16-15-36(8-11-39-16)22-5-2-18-20(34-22)4-3-19(27)23(18)24(37)31-14-21(35-6-9-38-10-7-35)17-12-32-25(33-13-17)26(28,29)30/h2-5,12-13,16,21H,6-11,14-15H2,1H3,(H,31,37). The molecule has 2 unspecified atom stereocenters. The molecule has 5 rings (SSSR count). The molecule has 2 aliphatic heterocycles. The molecule has 1 aromatic carbocycles. The van der Waals surface area contributed by atoms with Gasteiger partial charge < -0.3 is 19.7 Å². The number of hydrogen-bond donors (Lipinski definition) is 1. The number of ether oxygens (including phenoxy) is 2. The van der Waals surface area contributed by atoms with Crippen molar-refractivity contribution >= 4 is 34.2 Å². The number of nitrogens with zero attached hydrogens (tertiary/aromatic N) is 5. The van der Waals surface area contributed by atoms with E-state index in [0.717, 1.165) is 31.3 Å². The Morgan fingerprint density at radius 3 is 2.56 bits per heavy atom. The van der Waals surface area contributed by atoms with Crippen LogP contribution in [0.25, 0.3) is 10.9 Å². The lowest BCUT2D eigenvalue weighted by molar-refractivity contribution is -0.145. The summed E-state index contributed by atoms with van der Waals surface area (Å²) in [7, 11) is 0. The highest BCUT2D eigenvalue weighted by atomic mass is 35.5. The number of carbonyl (C=O) groups excluding carboxylic acids is 1. The van der Waals surface area contributed by atoms with Crippen molar-refractivity contribution in [3.8, 4) is 0 Å². The van der Waals surface area contributed by atoms with Crippen molar-refractivity contribution in [3.05, 3.63) is 58.6 Å². The number of benzene rings is 1. The normalized spacial score (nSPS) is 19.7. The third-order valence-electron chi connectivity index (χ3n) is 6.85. The molecule has 2 aromatic heterocycles. The fraction of sp³-hybridized carbons (Fsp3) is 0.462. The number of amides is 1. The summed E-state index contributed by atoms with van der Waals surface area (Å²) in [6.45, 7) is 6.20. The van der Waals surface area contributed by atoms with Crippen molar-refractivity contribution in [3.63, 3.8) is 0 Å². The Kier molecular flexibility index (Phi) is 8.17. The lowest BCUT2D eigenvalue weighted by atomic mass is 10.1. The van der Waals surface area contributed by atoms with E-state index in [2.05, 4.69) is 20.2 Å². The van der Waals surface area contributed by atoms with E-state index in [1.54, 1.807) is 12.1 Å². The summed E-state index contributed by atoms with van der Waals surface area (Å²) in [5, 5.41) is 3.79. The number of morpholine rings is 2. The highest BCUT2D eigenvalue weighted by Gasteiger charge is 2.35. The number of carbonyl (C=O) groups is 1. The van der Waals surface area contributed by atoms with Gasteiger partial charge in [-0.05, 0) is 31.2 Å². The molecule has 2 saturated heterocycles. The molecular formula is C26H28ClF3N6O3. The van der Waals surface area contributed by atoms with Crippen molar-refractivity contribution in [1.29, 1.82) is 0 Å². The minimum atomic E-state index is -4.64. The van der Waals surface area contributed by atoms with E-state index in [1.807, 2.05) is 24.0 Å². The Morgan fingerprint density at radius 1 is 1.13 bits per heavy atom. The highest BCUT2D eigenvalue weighted by molar-refractivity contribution is 6.35. The molecule has 0 saturated carbocycles. The number of aromatic nitrogens is 3. The molecule has 208 valence electrons. The maximum Gasteiger partial charge on any atom is 0.451 e. The summed E-state index contributed by atoms with van der Waals surface area (Å²) >= 11 is 6.48. The van der Waals surface area contributed by atoms with Gasteiger partial charge in [-0.25, -0.2) is 15.0 Å². The van der Waals surface area contributed by atoms with Crippen LogP contribution in [0.4, 0.5) is 19.0 Å². The number of rotatable bonds is 6. The molecule has 0 aliphatic carbocycles. The van der Waals surface area contributed by atoms with Crippen molar-refractivity contribution in [2.45, 2.75) is 25.2 Å². The number of halogens is 4. The first kappa shape index (κ1) is 27.5. The fourth-order valence-electron chi connectivity index (χ4n) is 4.88. The second kappa shape index (κ2) is 11.6. The van der Waals surface area contributed by atoms with Crippen LogP contribution in [-0.2, 0) is 15.7 Å². The smallest absolute Gasteiger partial charge is 0.379 e. The molecule has 1 amide bonds. The summed E-state index contributed by atoms with van der Waals surface area (Å²) in [4.78, 5) is 29.4. The van der Waals surface area contributed by atoms with Crippen molar-refractivity contribution in [2.75, 3.05) is 57.4 Å². The molecule has 2 atom stereocenters. The van der Waals surface area contributed by atoms with Gasteiger partial charge in [-0.3, -0.25) is 9.69 Å². The molecule has 3 aromatic rings. The van der Waals surface area contributed by atoms with Gasteiger partial charge in [0.15, 0.2) is 0 Å². The van der Waals surface area contributed by atoms with Gasteiger partial charge in [-0.15, -0.1) is 0 Å². The van der Waals surface area contributed by atoms with Crippen LogP contribution < -0.4 is 10.2 Å². The largest absolute Gasteiger partial charge is 0.451 e. The Hall–Kier alpha value is -3.06. The lowest BCUT2D eigenvalue weighted by Gasteiger charge is -2.34. The molecule has 1 N–H and O–H groups in total. The van der Waals surface area contributed by atoms with Crippen molar-refractivity contribution in [2.24, 2.45) is 0 Å². The summed E-state index contributed by atoms with van der Waals surface area (Å²) in [6, 6.07) is 6.66. The first-order valence-corrected chi connectivity index (χ1v) is 13.0. The Balaban J connectivity index is 1.38. The molecule has 0 radical (unpaired) electrons. The number of alkyl halides is 3. The Morgan fingerprint density at radius 2 is 1.87 bits per heavy atom. The molecule has 13 heteroatoms. The average molecular weight is 565 g/mol. The van der Waals surface area contributed by atoms with E-state index in [-0.39, 0.29) is 23.2 Å². The summed E-state index contributed by atoms with van der Waals surface area (Å²) in [6.07, 6.45) is -2.23. The second-order valence-corrected chi connectivity index (χ2v) is 9.91. The number of pyridine rings is 1. The van der Waals surface area contributed by atoms with Crippen LogP contribution in [0.3, 0.4) is 0 Å². The Bertz CT molecular complexity index is 1320. The van der Waals surface area contributed by atoms with E-state index in [1.165, 1.54) is 0 Å². The van der Waals surface area contributed by atoms with Gasteiger partial charge in [-0.1, -0.05) is 11.6 Å². The van der Waals surface area contributed by atoms with Crippen LogP contribution >= 0.6 is 11.6 Å². The topological polar surface area (TPSA) is 92.7 Å². The molecule has 39 heavy (non-hydrogen) atoms. The highest BCUT2D eigenvalue weighted by Crippen LogP contribution is 2.30. The van der Waals surface area contributed by atoms with E-state index >= 15 is 0 Å². The fourth-order valence-corrected chi connectivity index (χ4v) is 5.13. The maximum atomic E-state index is 13.4. The quantitative estimate of drug-likeness (QED) is 0.484.